The Morgan fingerprint density at radius 3 is 3.06 bits per heavy atom. The van der Waals surface area contributed by atoms with E-state index in [2.05, 4.69) is 4.90 Å². The molecule has 4 heteroatoms. The van der Waals surface area contributed by atoms with Gasteiger partial charge in [0.1, 0.15) is 0 Å². The highest BCUT2D eigenvalue weighted by molar-refractivity contribution is 5.66. The largest absolute Gasteiger partial charge is 0.481 e. The van der Waals surface area contributed by atoms with Gasteiger partial charge in [-0.05, 0) is 18.8 Å². The fraction of sp³-hybridized carbons (Fsp3) is 0.923. The topological polar surface area (TPSA) is 49.8 Å². The average Bonchev–Trinajstić information content (AvgIpc) is 2.65. The molecule has 0 bridgehead atoms. The number of aliphatic carboxylic acids is 1. The van der Waals surface area contributed by atoms with Crippen molar-refractivity contribution in [3.63, 3.8) is 0 Å². The van der Waals surface area contributed by atoms with Gasteiger partial charge in [0.2, 0.25) is 0 Å². The first kappa shape index (κ1) is 12.8. The quantitative estimate of drug-likeness (QED) is 0.794. The van der Waals surface area contributed by atoms with Gasteiger partial charge >= 0.3 is 5.97 Å². The van der Waals surface area contributed by atoms with Gasteiger partial charge in [-0.3, -0.25) is 4.79 Å². The van der Waals surface area contributed by atoms with Crippen molar-refractivity contribution >= 4 is 5.97 Å². The minimum Gasteiger partial charge on any atom is -0.481 e. The van der Waals surface area contributed by atoms with Crippen LogP contribution in [0.25, 0.3) is 0 Å². The lowest BCUT2D eigenvalue weighted by molar-refractivity contribution is -0.137. The number of likely N-dealkylation sites (tertiary alicyclic amines) is 1. The number of methoxy groups -OCH3 is 1. The molecule has 17 heavy (non-hydrogen) atoms. The molecule has 98 valence electrons. The van der Waals surface area contributed by atoms with Crippen LogP contribution in [0.5, 0.6) is 0 Å². The fourth-order valence-electron chi connectivity index (χ4n) is 3.64. The summed E-state index contributed by atoms with van der Waals surface area (Å²) in [6, 6.07) is 0. The fourth-order valence-corrected chi connectivity index (χ4v) is 3.64. The Labute approximate surface area is 103 Å². The second kappa shape index (κ2) is 5.36. The number of rotatable bonds is 5. The van der Waals surface area contributed by atoms with Crippen molar-refractivity contribution < 1.29 is 14.6 Å². The lowest BCUT2D eigenvalue weighted by Crippen LogP contribution is -2.37. The molecule has 2 atom stereocenters. The van der Waals surface area contributed by atoms with Gasteiger partial charge in [0.15, 0.2) is 0 Å². The molecular formula is C13H23NO3. The Kier molecular flexibility index (Phi) is 4.05. The van der Waals surface area contributed by atoms with Crippen LogP contribution >= 0.6 is 0 Å². The molecule has 1 N–H and O–H groups in total. The number of hydrogen-bond donors (Lipinski definition) is 1. The number of fused-ring (bicyclic) bond motifs is 1. The van der Waals surface area contributed by atoms with Crippen molar-refractivity contribution in [2.45, 2.75) is 32.1 Å². The van der Waals surface area contributed by atoms with Crippen LogP contribution in [0.15, 0.2) is 0 Å². The summed E-state index contributed by atoms with van der Waals surface area (Å²) in [5.41, 5.74) is 0.311. The van der Waals surface area contributed by atoms with E-state index in [0.717, 1.165) is 19.7 Å². The van der Waals surface area contributed by atoms with Crippen molar-refractivity contribution in [3.05, 3.63) is 0 Å². The molecule has 0 aromatic heterocycles. The second-order valence-electron chi connectivity index (χ2n) is 5.62. The molecule has 0 amide bonds. The highest BCUT2D eigenvalue weighted by Gasteiger charge is 2.47. The zero-order valence-corrected chi connectivity index (χ0v) is 10.7. The number of hydrogen-bond acceptors (Lipinski definition) is 3. The van der Waals surface area contributed by atoms with Gasteiger partial charge in [-0.15, -0.1) is 0 Å². The third-order valence-electron chi connectivity index (χ3n) is 4.43. The zero-order valence-electron chi connectivity index (χ0n) is 10.7. The van der Waals surface area contributed by atoms with Crippen LogP contribution in [0.1, 0.15) is 32.1 Å². The molecule has 4 nitrogen and oxygen atoms in total. The molecule has 0 unspecified atom stereocenters. The maximum absolute atomic E-state index is 10.6. The van der Waals surface area contributed by atoms with Crippen LogP contribution in [0.3, 0.4) is 0 Å². The van der Waals surface area contributed by atoms with Crippen LogP contribution in [-0.4, -0.2) is 49.3 Å². The lowest BCUT2D eigenvalue weighted by Gasteiger charge is -2.38. The second-order valence-corrected chi connectivity index (χ2v) is 5.62. The van der Waals surface area contributed by atoms with Crippen molar-refractivity contribution in [2.75, 3.05) is 33.4 Å². The number of carboxylic acids is 1. The molecule has 2 rings (SSSR count). The van der Waals surface area contributed by atoms with Gasteiger partial charge in [-0.1, -0.05) is 12.8 Å². The number of carbonyl (C=O) groups is 1. The molecule has 0 aromatic rings. The van der Waals surface area contributed by atoms with E-state index in [1.165, 1.54) is 25.7 Å². The highest BCUT2D eigenvalue weighted by atomic mass is 16.5. The summed E-state index contributed by atoms with van der Waals surface area (Å²) in [7, 11) is 1.78. The molecule has 0 aromatic carbocycles. The summed E-state index contributed by atoms with van der Waals surface area (Å²) < 4.78 is 5.42. The lowest BCUT2D eigenvalue weighted by atomic mass is 9.69. The van der Waals surface area contributed by atoms with E-state index in [9.17, 15) is 4.79 Å². The normalized spacial score (nSPS) is 33.6. The molecule has 1 saturated carbocycles. The number of carboxylic acid groups (broad SMARTS) is 1. The third kappa shape index (κ3) is 2.80. The molecule has 1 saturated heterocycles. The average molecular weight is 241 g/mol. The first-order chi connectivity index (χ1) is 8.16. The maximum atomic E-state index is 10.6. The van der Waals surface area contributed by atoms with Gasteiger partial charge in [0.05, 0.1) is 13.0 Å². The first-order valence-electron chi connectivity index (χ1n) is 6.59. The molecule has 0 spiro atoms. The third-order valence-corrected chi connectivity index (χ3v) is 4.43. The van der Waals surface area contributed by atoms with Crippen molar-refractivity contribution in [1.82, 2.24) is 4.90 Å². The summed E-state index contributed by atoms with van der Waals surface area (Å²) in [5, 5.41) is 8.75. The smallest absolute Gasteiger partial charge is 0.304 e. The molecule has 2 fully saturated rings. The predicted octanol–water partition coefficient (Wildman–Crippen LogP) is 1.60. The van der Waals surface area contributed by atoms with Crippen LogP contribution in [-0.2, 0) is 9.53 Å². The van der Waals surface area contributed by atoms with E-state index in [1.807, 2.05) is 0 Å². The molecular weight excluding hydrogens is 218 g/mol. The Morgan fingerprint density at radius 1 is 1.53 bits per heavy atom. The highest BCUT2D eigenvalue weighted by Crippen LogP contribution is 2.46. The molecule has 0 radical (unpaired) electrons. The summed E-state index contributed by atoms with van der Waals surface area (Å²) in [6.45, 7) is 3.62. The Bertz CT molecular complexity index is 278. The van der Waals surface area contributed by atoms with E-state index >= 15 is 0 Å². The van der Waals surface area contributed by atoms with E-state index in [0.29, 0.717) is 17.9 Å². The van der Waals surface area contributed by atoms with E-state index in [-0.39, 0.29) is 6.42 Å². The van der Waals surface area contributed by atoms with Crippen molar-refractivity contribution in [2.24, 2.45) is 11.3 Å². The van der Waals surface area contributed by atoms with Crippen molar-refractivity contribution in [3.8, 4) is 0 Å². The summed E-state index contributed by atoms with van der Waals surface area (Å²) in [6.07, 6.45) is 5.41. The van der Waals surface area contributed by atoms with Crippen LogP contribution in [0.2, 0.25) is 0 Å². The summed E-state index contributed by atoms with van der Waals surface area (Å²) >= 11 is 0. The molecule has 1 heterocycles. The van der Waals surface area contributed by atoms with Gasteiger partial charge in [0, 0.05) is 32.2 Å². The van der Waals surface area contributed by atoms with Crippen molar-refractivity contribution in [1.29, 1.82) is 0 Å². The van der Waals surface area contributed by atoms with Gasteiger partial charge in [-0.25, -0.2) is 0 Å². The van der Waals surface area contributed by atoms with Gasteiger partial charge in [-0.2, -0.15) is 0 Å². The molecule has 1 aliphatic heterocycles. The number of ether oxygens (including phenoxy) is 1. The van der Waals surface area contributed by atoms with Gasteiger partial charge < -0.3 is 14.7 Å². The summed E-state index contributed by atoms with van der Waals surface area (Å²) in [5.74, 6) is 0.0191. The van der Waals surface area contributed by atoms with Gasteiger partial charge in [0.25, 0.3) is 0 Å². The van der Waals surface area contributed by atoms with E-state index < -0.39 is 5.97 Å². The Morgan fingerprint density at radius 2 is 2.35 bits per heavy atom. The van der Waals surface area contributed by atoms with Crippen LogP contribution in [0, 0.1) is 11.3 Å². The first-order valence-corrected chi connectivity index (χ1v) is 6.59. The standard InChI is InChI=1S/C13H23NO3/c1-17-10-13-6-3-2-4-11(13)8-14(9-13)7-5-12(15)16/h11H,2-10H2,1H3,(H,15,16)/t11-,13+/m1/s1. The van der Waals surface area contributed by atoms with Crippen LogP contribution < -0.4 is 0 Å². The SMILES string of the molecule is COC[C@@]12CCCC[C@@H]1CN(CCC(=O)O)C2. The molecule has 2 aliphatic rings. The van der Waals surface area contributed by atoms with Crippen LogP contribution in [0.4, 0.5) is 0 Å². The zero-order chi connectivity index (χ0) is 12.3. The number of nitrogens with zero attached hydrogens (tertiary/aromatic N) is 1. The Balaban J connectivity index is 1.95. The minimum absolute atomic E-state index is 0.260. The summed E-state index contributed by atoms with van der Waals surface area (Å²) in [4.78, 5) is 12.9. The molecule has 1 aliphatic carbocycles. The maximum Gasteiger partial charge on any atom is 0.304 e. The van der Waals surface area contributed by atoms with E-state index in [1.54, 1.807) is 7.11 Å². The Hall–Kier alpha value is -0.610. The monoisotopic (exact) mass is 241 g/mol. The minimum atomic E-state index is -0.694. The van der Waals surface area contributed by atoms with E-state index in [4.69, 9.17) is 9.84 Å². The predicted molar refractivity (Wildman–Crippen MR) is 65.0 cm³/mol.